The minimum Gasteiger partial charge on any atom is -0.352 e. The molecule has 0 fully saturated rings. The van der Waals surface area contributed by atoms with E-state index in [1.807, 2.05) is 6.07 Å². The molecule has 0 aliphatic heterocycles. The lowest BCUT2D eigenvalue weighted by atomic mass is 10.2. The number of carbonyl (C=O) groups excluding carboxylic acids is 2. The maximum Gasteiger partial charge on any atom is 0.222 e. The van der Waals surface area contributed by atoms with Crippen LogP contribution in [0, 0.1) is 5.82 Å². The highest BCUT2D eigenvalue weighted by molar-refractivity contribution is 5.78. The van der Waals surface area contributed by atoms with E-state index in [0.717, 1.165) is 5.56 Å². The number of rotatable bonds is 7. The van der Waals surface area contributed by atoms with Gasteiger partial charge in [0.25, 0.3) is 0 Å². The van der Waals surface area contributed by atoms with Crippen LogP contribution in [0.25, 0.3) is 0 Å². The smallest absolute Gasteiger partial charge is 0.222 e. The number of aromatic nitrogens is 1. The Morgan fingerprint density at radius 1 is 1.21 bits per heavy atom. The van der Waals surface area contributed by atoms with Gasteiger partial charge in [0, 0.05) is 50.9 Å². The number of carbonyl (C=O) groups is 2. The SMILES string of the molecule is CC(=O)N(CCC(=O)NCc1cccnc1)Cc1ccccc1F. The van der Waals surface area contributed by atoms with Crippen molar-refractivity contribution in [3.8, 4) is 0 Å². The van der Waals surface area contributed by atoms with Crippen molar-refractivity contribution in [2.24, 2.45) is 0 Å². The fraction of sp³-hybridized carbons (Fsp3) is 0.278. The molecule has 126 valence electrons. The summed E-state index contributed by atoms with van der Waals surface area (Å²) in [6.45, 7) is 2.19. The average Bonchev–Trinajstić information content (AvgIpc) is 2.59. The normalized spacial score (nSPS) is 10.2. The molecule has 5 nitrogen and oxygen atoms in total. The van der Waals surface area contributed by atoms with E-state index >= 15 is 0 Å². The van der Waals surface area contributed by atoms with E-state index in [2.05, 4.69) is 10.3 Å². The summed E-state index contributed by atoms with van der Waals surface area (Å²) < 4.78 is 13.7. The molecule has 1 aromatic carbocycles. The molecule has 0 unspecified atom stereocenters. The van der Waals surface area contributed by atoms with Gasteiger partial charge in [-0.1, -0.05) is 24.3 Å². The standard InChI is InChI=1S/C18H20FN3O2/c1-14(23)22(13-16-6-2-3-7-17(16)19)10-8-18(24)21-12-15-5-4-9-20-11-15/h2-7,9,11H,8,10,12-13H2,1H3,(H,21,24). The first-order valence-electron chi connectivity index (χ1n) is 7.71. The van der Waals surface area contributed by atoms with Crippen LogP contribution in [0.2, 0.25) is 0 Å². The summed E-state index contributed by atoms with van der Waals surface area (Å²) in [4.78, 5) is 29.1. The third kappa shape index (κ3) is 5.46. The number of amides is 2. The highest BCUT2D eigenvalue weighted by atomic mass is 19.1. The van der Waals surface area contributed by atoms with Crippen molar-refractivity contribution in [1.29, 1.82) is 0 Å². The number of hydrogen-bond donors (Lipinski definition) is 1. The molecule has 2 amide bonds. The van der Waals surface area contributed by atoms with Gasteiger partial charge in [-0.15, -0.1) is 0 Å². The molecule has 2 rings (SSSR count). The first-order chi connectivity index (χ1) is 11.6. The Morgan fingerprint density at radius 2 is 2.00 bits per heavy atom. The summed E-state index contributed by atoms with van der Waals surface area (Å²) in [7, 11) is 0. The molecule has 0 aliphatic carbocycles. The molecule has 1 N–H and O–H groups in total. The molecule has 1 aromatic heterocycles. The molecule has 1 heterocycles. The molecule has 0 saturated carbocycles. The number of pyridine rings is 1. The minimum absolute atomic E-state index is 0.151. The molecular weight excluding hydrogens is 309 g/mol. The summed E-state index contributed by atoms with van der Waals surface area (Å²) in [5.74, 6) is -0.721. The molecule has 6 heteroatoms. The topological polar surface area (TPSA) is 62.3 Å². The lowest BCUT2D eigenvalue weighted by molar-refractivity contribution is -0.130. The van der Waals surface area contributed by atoms with Crippen molar-refractivity contribution in [2.45, 2.75) is 26.4 Å². The van der Waals surface area contributed by atoms with Crippen molar-refractivity contribution >= 4 is 11.8 Å². The largest absolute Gasteiger partial charge is 0.352 e. The summed E-state index contributed by atoms with van der Waals surface area (Å²) in [6.07, 6.45) is 3.51. The lowest BCUT2D eigenvalue weighted by Gasteiger charge is -2.21. The van der Waals surface area contributed by atoms with E-state index in [1.54, 1.807) is 36.7 Å². The van der Waals surface area contributed by atoms with Crippen molar-refractivity contribution in [3.63, 3.8) is 0 Å². The second-order valence-electron chi connectivity index (χ2n) is 5.42. The van der Waals surface area contributed by atoms with E-state index in [-0.39, 0.29) is 37.1 Å². The van der Waals surface area contributed by atoms with Gasteiger partial charge in [-0.25, -0.2) is 4.39 Å². The molecule has 0 atom stereocenters. The van der Waals surface area contributed by atoms with Crippen molar-refractivity contribution in [1.82, 2.24) is 15.2 Å². The van der Waals surface area contributed by atoms with Gasteiger partial charge in [0.15, 0.2) is 0 Å². The van der Waals surface area contributed by atoms with Crippen molar-refractivity contribution < 1.29 is 14.0 Å². The average molecular weight is 329 g/mol. The maximum absolute atomic E-state index is 13.7. The Hall–Kier alpha value is -2.76. The van der Waals surface area contributed by atoms with Gasteiger partial charge in [0.05, 0.1) is 0 Å². The minimum atomic E-state index is -0.357. The third-order valence-electron chi connectivity index (χ3n) is 3.59. The van der Waals surface area contributed by atoms with Crippen LogP contribution in [0.15, 0.2) is 48.8 Å². The number of nitrogens with zero attached hydrogens (tertiary/aromatic N) is 2. The fourth-order valence-corrected chi connectivity index (χ4v) is 2.21. The zero-order valence-electron chi connectivity index (χ0n) is 13.5. The van der Waals surface area contributed by atoms with Crippen LogP contribution in [-0.2, 0) is 22.7 Å². The zero-order valence-corrected chi connectivity index (χ0v) is 13.5. The van der Waals surface area contributed by atoms with E-state index in [1.165, 1.54) is 17.9 Å². The highest BCUT2D eigenvalue weighted by Gasteiger charge is 2.13. The monoisotopic (exact) mass is 329 g/mol. The van der Waals surface area contributed by atoms with Crippen LogP contribution in [0.4, 0.5) is 4.39 Å². The predicted octanol–water partition coefficient (Wildman–Crippen LogP) is 2.28. The molecule has 2 aromatic rings. The Morgan fingerprint density at radius 3 is 2.67 bits per heavy atom. The van der Waals surface area contributed by atoms with E-state index < -0.39 is 0 Å². The Labute approximate surface area is 140 Å². The number of benzene rings is 1. The summed E-state index contributed by atoms with van der Waals surface area (Å²) in [5, 5.41) is 2.78. The van der Waals surface area contributed by atoms with Gasteiger partial charge in [-0.2, -0.15) is 0 Å². The molecule has 0 saturated heterocycles. The van der Waals surface area contributed by atoms with Gasteiger partial charge in [0.2, 0.25) is 11.8 Å². The molecular formula is C18H20FN3O2. The predicted molar refractivity (Wildman–Crippen MR) is 88.2 cm³/mol. The first kappa shape index (κ1) is 17.6. The highest BCUT2D eigenvalue weighted by Crippen LogP contribution is 2.10. The van der Waals surface area contributed by atoms with Gasteiger partial charge < -0.3 is 10.2 Å². The van der Waals surface area contributed by atoms with Crippen LogP contribution < -0.4 is 5.32 Å². The van der Waals surface area contributed by atoms with E-state index in [4.69, 9.17) is 0 Å². The molecule has 0 bridgehead atoms. The quantitative estimate of drug-likeness (QED) is 0.848. The van der Waals surface area contributed by atoms with Crippen molar-refractivity contribution in [3.05, 3.63) is 65.7 Å². The third-order valence-corrected chi connectivity index (χ3v) is 3.59. The number of nitrogens with one attached hydrogen (secondary N) is 1. The molecule has 24 heavy (non-hydrogen) atoms. The second kappa shape index (κ2) is 8.76. The van der Waals surface area contributed by atoms with Crippen LogP contribution >= 0.6 is 0 Å². The summed E-state index contributed by atoms with van der Waals surface area (Å²) >= 11 is 0. The summed E-state index contributed by atoms with van der Waals surface area (Å²) in [6, 6.07) is 9.98. The van der Waals surface area contributed by atoms with E-state index in [0.29, 0.717) is 12.1 Å². The first-order valence-corrected chi connectivity index (χ1v) is 7.71. The summed E-state index contributed by atoms with van der Waals surface area (Å²) in [5.41, 5.74) is 1.34. The lowest BCUT2D eigenvalue weighted by Crippen LogP contribution is -2.33. The Balaban J connectivity index is 1.84. The van der Waals surface area contributed by atoms with Gasteiger partial charge in [-0.05, 0) is 17.7 Å². The Bertz CT molecular complexity index is 692. The van der Waals surface area contributed by atoms with Gasteiger partial charge in [-0.3, -0.25) is 14.6 Å². The van der Waals surface area contributed by atoms with Crippen LogP contribution in [0.3, 0.4) is 0 Å². The van der Waals surface area contributed by atoms with Gasteiger partial charge >= 0.3 is 0 Å². The second-order valence-corrected chi connectivity index (χ2v) is 5.42. The fourth-order valence-electron chi connectivity index (χ4n) is 2.21. The number of hydrogen-bond acceptors (Lipinski definition) is 3. The van der Waals surface area contributed by atoms with Gasteiger partial charge in [0.1, 0.15) is 5.82 Å². The van der Waals surface area contributed by atoms with Crippen LogP contribution in [0.5, 0.6) is 0 Å². The van der Waals surface area contributed by atoms with Crippen LogP contribution in [-0.4, -0.2) is 28.2 Å². The maximum atomic E-state index is 13.7. The van der Waals surface area contributed by atoms with E-state index in [9.17, 15) is 14.0 Å². The molecule has 0 radical (unpaired) electrons. The molecule has 0 spiro atoms. The Kier molecular flexibility index (Phi) is 6.42. The van der Waals surface area contributed by atoms with Crippen molar-refractivity contribution in [2.75, 3.05) is 6.54 Å². The zero-order chi connectivity index (χ0) is 17.4. The number of halogens is 1. The molecule has 0 aliphatic rings. The van der Waals surface area contributed by atoms with Crippen LogP contribution in [0.1, 0.15) is 24.5 Å².